The number of rotatable bonds is 4. The van der Waals surface area contributed by atoms with Gasteiger partial charge in [-0.05, 0) is 37.3 Å². The molecule has 1 heterocycles. The van der Waals surface area contributed by atoms with E-state index in [2.05, 4.69) is 15.6 Å². The molecular weight excluding hydrogens is 316 g/mol. The summed E-state index contributed by atoms with van der Waals surface area (Å²) in [6, 6.07) is 6.94. The van der Waals surface area contributed by atoms with Crippen molar-refractivity contribution in [2.45, 2.75) is 6.92 Å². The molecule has 0 atom stereocenters. The number of carbonyl (C=O) groups is 1. The summed E-state index contributed by atoms with van der Waals surface area (Å²) >= 11 is 11.8. The standard InChI is InChI=1S/C14H12Cl2FN3O/c1-2-18-12-6-4-9(15)13(20-12)14(21)19-11-5-3-8(17)7-10(11)16/h3-7H,2H2,1H3,(H,18,20)(H,19,21). The monoisotopic (exact) mass is 327 g/mol. The number of carbonyl (C=O) groups excluding carboxylic acids is 1. The Morgan fingerprint density at radius 3 is 2.67 bits per heavy atom. The lowest BCUT2D eigenvalue weighted by Gasteiger charge is -2.09. The summed E-state index contributed by atoms with van der Waals surface area (Å²) < 4.78 is 13.0. The van der Waals surface area contributed by atoms with Crippen LogP contribution in [0.15, 0.2) is 30.3 Å². The average Bonchev–Trinajstić information content (AvgIpc) is 2.44. The van der Waals surface area contributed by atoms with E-state index < -0.39 is 11.7 Å². The van der Waals surface area contributed by atoms with Gasteiger partial charge in [0.2, 0.25) is 0 Å². The van der Waals surface area contributed by atoms with E-state index in [0.717, 1.165) is 6.07 Å². The van der Waals surface area contributed by atoms with Crippen LogP contribution in [0.3, 0.4) is 0 Å². The van der Waals surface area contributed by atoms with Crippen LogP contribution in [0.5, 0.6) is 0 Å². The molecule has 0 saturated carbocycles. The van der Waals surface area contributed by atoms with Gasteiger partial charge in [0.25, 0.3) is 5.91 Å². The minimum atomic E-state index is -0.520. The van der Waals surface area contributed by atoms with Gasteiger partial charge in [-0.3, -0.25) is 4.79 Å². The summed E-state index contributed by atoms with van der Waals surface area (Å²) in [6.07, 6.45) is 0. The Bertz CT molecular complexity index is 679. The van der Waals surface area contributed by atoms with Crippen molar-refractivity contribution in [2.75, 3.05) is 17.2 Å². The summed E-state index contributed by atoms with van der Waals surface area (Å²) in [5.74, 6) is -0.464. The van der Waals surface area contributed by atoms with Crippen molar-refractivity contribution in [1.29, 1.82) is 0 Å². The zero-order valence-electron chi connectivity index (χ0n) is 11.1. The zero-order chi connectivity index (χ0) is 15.4. The van der Waals surface area contributed by atoms with Gasteiger partial charge >= 0.3 is 0 Å². The number of aromatic nitrogens is 1. The van der Waals surface area contributed by atoms with Gasteiger partial charge in [-0.15, -0.1) is 0 Å². The molecule has 0 aliphatic heterocycles. The van der Waals surface area contributed by atoms with E-state index in [0.29, 0.717) is 12.4 Å². The minimum absolute atomic E-state index is 0.0653. The second kappa shape index (κ2) is 6.74. The molecule has 110 valence electrons. The van der Waals surface area contributed by atoms with Gasteiger partial charge in [-0.1, -0.05) is 23.2 Å². The SMILES string of the molecule is CCNc1ccc(Cl)c(C(=O)Nc2ccc(F)cc2Cl)n1. The van der Waals surface area contributed by atoms with Crippen LogP contribution in [0.25, 0.3) is 0 Å². The summed E-state index contributed by atoms with van der Waals surface area (Å²) in [4.78, 5) is 16.3. The molecule has 0 aliphatic rings. The van der Waals surface area contributed by atoms with Crippen LogP contribution in [0.2, 0.25) is 10.0 Å². The van der Waals surface area contributed by atoms with Crippen molar-refractivity contribution in [1.82, 2.24) is 4.98 Å². The number of hydrogen-bond donors (Lipinski definition) is 2. The van der Waals surface area contributed by atoms with E-state index >= 15 is 0 Å². The topological polar surface area (TPSA) is 54.0 Å². The maximum atomic E-state index is 13.0. The highest BCUT2D eigenvalue weighted by atomic mass is 35.5. The van der Waals surface area contributed by atoms with E-state index in [1.807, 2.05) is 6.92 Å². The molecule has 2 aromatic rings. The van der Waals surface area contributed by atoms with Crippen molar-refractivity contribution in [3.63, 3.8) is 0 Å². The normalized spacial score (nSPS) is 10.3. The number of nitrogens with zero attached hydrogens (tertiary/aromatic N) is 1. The third kappa shape index (κ3) is 3.83. The first kappa shape index (κ1) is 15.5. The van der Waals surface area contributed by atoms with Crippen LogP contribution in [0.1, 0.15) is 17.4 Å². The fraction of sp³-hybridized carbons (Fsp3) is 0.143. The first-order chi connectivity index (χ1) is 10.0. The minimum Gasteiger partial charge on any atom is -0.370 e. The molecular formula is C14H12Cl2FN3O. The molecule has 0 bridgehead atoms. The molecule has 0 spiro atoms. The Kier molecular flexibility index (Phi) is 4.98. The summed E-state index contributed by atoms with van der Waals surface area (Å²) in [6.45, 7) is 2.58. The highest BCUT2D eigenvalue weighted by Crippen LogP contribution is 2.24. The Labute approximate surface area is 131 Å². The number of anilines is 2. The van der Waals surface area contributed by atoms with E-state index in [-0.39, 0.29) is 21.4 Å². The molecule has 0 unspecified atom stereocenters. The van der Waals surface area contributed by atoms with Crippen LogP contribution in [0, 0.1) is 5.82 Å². The smallest absolute Gasteiger partial charge is 0.275 e. The largest absolute Gasteiger partial charge is 0.370 e. The van der Waals surface area contributed by atoms with Gasteiger partial charge in [-0.2, -0.15) is 0 Å². The first-order valence-electron chi connectivity index (χ1n) is 6.18. The number of pyridine rings is 1. The zero-order valence-corrected chi connectivity index (χ0v) is 12.6. The van der Waals surface area contributed by atoms with E-state index in [4.69, 9.17) is 23.2 Å². The summed E-state index contributed by atoms with van der Waals surface area (Å²) in [5, 5.41) is 5.85. The Hall–Kier alpha value is -1.85. The van der Waals surface area contributed by atoms with Gasteiger partial charge in [-0.25, -0.2) is 9.37 Å². The molecule has 0 aliphatic carbocycles. The number of halogens is 3. The van der Waals surface area contributed by atoms with Crippen LogP contribution >= 0.6 is 23.2 Å². The molecule has 1 aromatic carbocycles. The molecule has 0 saturated heterocycles. The highest BCUT2D eigenvalue weighted by Gasteiger charge is 2.15. The Morgan fingerprint density at radius 1 is 1.24 bits per heavy atom. The maximum Gasteiger partial charge on any atom is 0.275 e. The van der Waals surface area contributed by atoms with Gasteiger partial charge in [0.15, 0.2) is 0 Å². The predicted molar refractivity (Wildman–Crippen MR) is 82.8 cm³/mol. The molecule has 1 amide bonds. The molecule has 21 heavy (non-hydrogen) atoms. The van der Waals surface area contributed by atoms with E-state index in [9.17, 15) is 9.18 Å². The van der Waals surface area contributed by atoms with Crippen molar-refractivity contribution in [3.05, 3.63) is 51.9 Å². The lowest BCUT2D eigenvalue weighted by Crippen LogP contribution is -2.15. The van der Waals surface area contributed by atoms with Crippen molar-refractivity contribution in [3.8, 4) is 0 Å². The Morgan fingerprint density at radius 2 is 2.00 bits per heavy atom. The molecule has 2 rings (SSSR count). The number of hydrogen-bond acceptors (Lipinski definition) is 3. The molecule has 4 nitrogen and oxygen atoms in total. The second-order valence-corrected chi connectivity index (χ2v) is 4.95. The molecule has 1 aromatic heterocycles. The van der Waals surface area contributed by atoms with Gasteiger partial charge in [0.05, 0.1) is 15.7 Å². The molecule has 7 heteroatoms. The van der Waals surface area contributed by atoms with Crippen molar-refractivity contribution < 1.29 is 9.18 Å². The van der Waals surface area contributed by atoms with Crippen LogP contribution in [-0.2, 0) is 0 Å². The predicted octanol–water partition coefficient (Wildman–Crippen LogP) is 4.21. The fourth-order valence-electron chi connectivity index (χ4n) is 1.65. The first-order valence-corrected chi connectivity index (χ1v) is 6.93. The molecule has 0 fully saturated rings. The average molecular weight is 328 g/mol. The third-order valence-electron chi connectivity index (χ3n) is 2.60. The van der Waals surface area contributed by atoms with Gasteiger partial charge in [0.1, 0.15) is 17.3 Å². The number of benzene rings is 1. The Balaban J connectivity index is 2.25. The van der Waals surface area contributed by atoms with Gasteiger partial charge < -0.3 is 10.6 Å². The quantitative estimate of drug-likeness (QED) is 0.884. The summed E-state index contributed by atoms with van der Waals surface area (Å²) in [7, 11) is 0. The lowest BCUT2D eigenvalue weighted by molar-refractivity contribution is 0.102. The molecule has 0 radical (unpaired) electrons. The molecule has 2 N–H and O–H groups in total. The van der Waals surface area contributed by atoms with Crippen molar-refractivity contribution in [2.24, 2.45) is 0 Å². The lowest BCUT2D eigenvalue weighted by atomic mass is 10.2. The van der Waals surface area contributed by atoms with E-state index in [1.165, 1.54) is 12.1 Å². The second-order valence-electron chi connectivity index (χ2n) is 4.14. The van der Waals surface area contributed by atoms with Crippen molar-refractivity contribution >= 4 is 40.6 Å². The van der Waals surface area contributed by atoms with Crippen LogP contribution in [0.4, 0.5) is 15.9 Å². The van der Waals surface area contributed by atoms with E-state index in [1.54, 1.807) is 12.1 Å². The number of nitrogens with one attached hydrogen (secondary N) is 2. The summed E-state index contributed by atoms with van der Waals surface area (Å²) in [5.41, 5.74) is 0.352. The third-order valence-corrected chi connectivity index (χ3v) is 3.22. The van der Waals surface area contributed by atoms with Crippen LogP contribution in [-0.4, -0.2) is 17.4 Å². The fourth-order valence-corrected chi connectivity index (χ4v) is 2.06. The van der Waals surface area contributed by atoms with Crippen LogP contribution < -0.4 is 10.6 Å². The highest BCUT2D eigenvalue weighted by molar-refractivity contribution is 6.35. The maximum absolute atomic E-state index is 13.0. The van der Waals surface area contributed by atoms with Gasteiger partial charge in [0, 0.05) is 6.54 Å². The number of amides is 1.